The number of carbonyl (C=O) groups excluding carboxylic acids is 2. The van der Waals surface area contributed by atoms with Crippen LogP contribution in [0.25, 0.3) is 10.2 Å². The minimum absolute atomic E-state index is 0.0159. The molecular formula is C20H19BrN2O4S. The molecule has 0 aliphatic rings. The molecule has 2 aromatic carbocycles. The molecule has 3 rings (SSSR count). The van der Waals surface area contributed by atoms with E-state index in [2.05, 4.69) is 20.9 Å². The van der Waals surface area contributed by atoms with E-state index in [1.54, 1.807) is 11.7 Å². The fraction of sp³-hybridized carbons (Fsp3) is 0.250. The van der Waals surface area contributed by atoms with Crippen molar-refractivity contribution in [3.8, 4) is 5.75 Å². The van der Waals surface area contributed by atoms with Crippen molar-refractivity contribution >= 4 is 49.4 Å². The van der Waals surface area contributed by atoms with Gasteiger partial charge in [-0.25, -0.2) is 0 Å². The highest BCUT2D eigenvalue weighted by Gasteiger charge is 2.13. The number of fused-ring (bicyclic) bond motifs is 1. The number of carbonyl (C=O) groups is 2. The van der Waals surface area contributed by atoms with Crippen molar-refractivity contribution < 1.29 is 19.1 Å². The summed E-state index contributed by atoms with van der Waals surface area (Å²) in [5.74, 6) is -0.0677. The molecule has 6 nitrogen and oxygen atoms in total. The van der Waals surface area contributed by atoms with E-state index in [4.69, 9.17) is 9.47 Å². The van der Waals surface area contributed by atoms with Gasteiger partial charge in [-0.2, -0.15) is 4.99 Å². The van der Waals surface area contributed by atoms with Gasteiger partial charge >= 0.3 is 5.97 Å². The summed E-state index contributed by atoms with van der Waals surface area (Å²) >= 11 is 4.79. The maximum Gasteiger partial charge on any atom is 0.325 e. The molecular weight excluding hydrogens is 444 g/mol. The fourth-order valence-corrected chi connectivity index (χ4v) is 4.43. The lowest BCUT2D eigenvalue weighted by atomic mass is 10.1. The number of methoxy groups -OCH3 is 2. The van der Waals surface area contributed by atoms with Gasteiger partial charge in [0.1, 0.15) is 12.3 Å². The van der Waals surface area contributed by atoms with Crippen LogP contribution in [-0.2, 0) is 27.3 Å². The first kappa shape index (κ1) is 20.3. The fourth-order valence-electron chi connectivity index (χ4n) is 2.83. The summed E-state index contributed by atoms with van der Waals surface area (Å²) in [6.45, 7) is 1.94. The Morgan fingerprint density at radius 1 is 1.18 bits per heavy atom. The Morgan fingerprint density at radius 3 is 2.68 bits per heavy atom. The third kappa shape index (κ3) is 4.51. The van der Waals surface area contributed by atoms with Crippen LogP contribution in [0.2, 0.25) is 0 Å². The van der Waals surface area contributed by atoms with Crippen LogP contribution in [0.4, 0.5) is 0 Å². The minimum Gasteiger partial charge on any atom is -0.496 e. The number of benzene rings is 2. The predicted molar refractivity (Wildman–Crippen MR) is 112 cm³/mol. The number of esters is 1. The molecule has 0 bridgehead atoms. The minimum atomic E-state index is -0.406. The number of hydrogen-bond acceptors (Lipinski definition) is 5. The summed E-state index contributed by atoms with van der Waals surface area (Å²) in [5.41, 5.74) is 2.63. The molecule has 1 amide bonds. The Balaban J connectivity index is 2.03. The van der Waals surface area contributed by atoms with Crippen molar-refractivity contribution in [2.75, 3.05) is 14.2 Å². The Bertz CT molecular complexity index is 1120. The lowest BCUT2D eigenvalue weighted by Crippen LogP contribution is -2.22. The van der Waals surface area contributed by atoms with Gasteiger partial charge in [-0.05, 0) is 31.2 Å². The van der Waals surface area contributed by atoms with E-state index in [0.717, 1.165) is 25.8 Å². The third-order valence-electron chi connectivity index (χ3n) is 4.16. The monoisotopic (exact) mass is 462 g/mol. The van der Waals surface area contributed by atoms with Crippen LogP contribution in [0.5, 0.6) is 5.75 Å². The van der Waals surface area contributed by atoms with E-state index >= 15 is 0 Å². The van der Waals surface area contributed by atoms with Crippen LogP contribution >= 0.6 is 27.3 Å². The molecule has 0 saturated heterocycles. The Kier molecular flexibility index (Phi) is 6.31. The number of nitrogens with zero attached hydrogens (tertiary/aromatic N) is 2. The van der Waals surface area contributed by atoms with Gasteiger partial charge < -0.3 is 14.0 Å². The van der Waals surface area contributed by atoms with E-state index in [1.165, 1.54) is 18.4 Å². The van der Waals surface area contributed by atoms with E-state index < -0.39 is 5.97 Å². The summed E-state index contributed by atoms with van der Waals surface area (Å²) in [7, 11) is 2.91. The molecule has 0 fully saturated rings. The smallest absolute Gasteiger partial charge is 0.325 e. The summed E-state index contributed by atoms with van der Waals surface area (Å²) < 4.78 is 13.7. The van der Waals surface area contributed by atoms with Gasteiger partial charge in [0.05, 0.1) is 30.9 Å². The molecule has 0 radical (unpaired) electrons. The maximum absolute atomic E-state index is 12.7. The molecule has 1 aromatic heterocycles. The van der Waals surface area contributed by atoms with Crippen molar-refractivity contribution in [3.05, 3.63) is 56.8 Å². The first-order chi connectivity index (χ1) is 13.4. The molecule has 0 atom stereocenters. The van der Waals surface area contributed by atoms with Gasteiger partial charge in [-0.15, -0.1) is 0 Å². The van der Waals surface area contributed by atoms with Crippen LogP contribution in [0.3, 0.4) is 0 Å². The highest BCUT2D eigenvalue weighted by molar-refractivity contribution is 9.10. The number of amides is 1. The molecule has 28 heavy (non-hydrogen) atoms. The lowest BCUT2D eigenvalue weighted by Gasteiger charge is -2.07. The molecule has 1 heterocycles. The number of rotatable bonds is 5. The molecule has 0 saturated carbocycles. The molecule has 8 heteroatoms. The Morgan fingerprint density at radius 2 is 1.96 bits per heavy atom. The number of aromatic nitrogens is 1. The molecule has 0 unspecified atom stereocenters. The number of aryl methyl sites for hydroxylation is 1. The molecule has 0 spiro atoms. The second-order valence-electron chi connectivity index (χ2n) is 6.16. The quantitative estimate of drug-likeness (QED) is 0.542. The van der Waals surface area contributed by atoms with E-state index in [-0.39, 0.29) is 18.9 Å². The number of thiazole rings is 1. The second-order valence-corrected chi connectivity index (χ2v) is 8.08. The van der Waals surface area contributed by atoms with Crippen LogP contribution in [0, 0.1) is 6.92 Å². The highest BCUT2D eigenvalue weighted by Crippen LogP contribution is 2.23. The first-order valence-corrected chi connectivity index (χ1v) is 10.1. The maximum atomic E-state index is 12.7. The molecule has 0 aliphatic carbocycles. The normalized spacial score (nSPS) is 11.6. The summed E-state index contributed by atoms with van der Waals surface area (Å²) in [6.07, 6.45) is 0.112. The van der Waals surface area contributed by atoms with Crippen molar-refractivity contribution in [3.63, 3.8) is 0 Å². The van der Waals surface area contributed by atoms with Gasteiger partial charge in [-0.3, -0.25) is 9.59 Å². The number of hydrogen-bond donors (Lipinski definition) is 0. The SMILES string of the molecule is COC(=O)Cn1c(=NC(=O)Cc2cc(C)ccc2OC)sc2cc(Br)ccc21. The number of ether oxygens (including phenoxy) is 2. The standard InChI is InChI=1S/C20H19BrN2O4S/c1-12-4-7-16(26-2)13(8-12)9-18(24)22-20-23(11-19(25)27-3)15-6-5-14(21)10-17(15)28-20/h4-8,10H,9,11H2,1-3H3. The van der Waals surface area contributed by atoms with Gasteiger partial charge in [0, 0.05) is 10.0 Å². The van der Waals surface area contributed by atoms with Gasteiger partial charge in [0.2, 0.25) is 0 Å². The van der Waals surface area contributed by atoms with Crippen molar-refractivity contribution in [2.45, 2.75) is 19.9 Å². The lowest BCUT2D eigenvalue weighted by molar-refractivity contribution is -0.141. The molecule has 0 aliphatic heterocycles. The van der Waals surface area contributed by atoms with Crippen LogP contribution in [0.1, 0.15) is 11.1 Å². The van der Waals surface area contributed by atoms with Gasteiger partial charge in [0.25, 0.3) is 5.91 Å². The second kappa shape index (κ2) is 8.70. The largest absolute Gasteiger partial charge is 0.496 e. The zero-order valence-electron chi connectivity index (χ0n) is 15.7. The van der Waals surface area contributed by atoms with Crippen LogP contribution in [-0.4, -0.2) is 30.7 Å². The summed E-state index contributed by atoms with van der Waals surface area (Å²) in [4.78, 5) is 29.2. The molecule has 0 N–H and O–H groups in total. The number of halogens is 1. The van der Waals surface area contributed by atoms with Crippen molar-refractivity contribution in [2.24, 2.45) is 4.99 Å². The van der Waals surface area contributed by atoms with E-state index in [9.17, 15) is 9.59 Å². The van der Waals surface area contributed by atoms with Gasteiger partial charge in [-0.1, -0.05) is 45.0 Å². The molecule has 146 valence electrons. The third-order valence-corrected chi connectivity index (χ3v) is 5.69. The van der Waals surface area contributed by atoms with E-state index in [0.29, 0.717) is 10.6 Å². The van der Waals surface area contributed by atoms with Crippen molar-refractivity contribution in [1.29, 1.82) is 0 Å². The van der Waals surface area contributed by atoms with Crippen molar-refractivity contribution in [1.82, 2.24) is 4.57 Å². The highest BCUT2D eigenvalue weighted by atomic mass is 79.9. The molecule has 3 aromatic rings. The Hall–Kier alpha value is -2.45. The summed E-state index contributed by atoms with van der Waals surface area (Å²) in [6, 6.07) is 11.4. The zero-order chi connectivity index (χ0) is 20.3. The summed E-state index contributed by atoms with van der Waals surface area (Å²) in [5, 5.41) is 0. The zero-order valence-corrected chi connectivity index (χ0v) is 18.1. The van der Waals surface area contributed by atoms with E-state index in [1.807, 2.05) is 43.3 Å². The average Bonchev–Trinajstić information content (AvgIpc) is 2.97. The van der Waals surface area contributed by atoms with Crippen LogP contribution in [0.15, 0.2) is 45.9 Å². The first-order valence-electron chi connectivity index (χ1n) is 8.48. The average molecular weight is 463 g/mol. The Labute approximate surface area is 174 Å². The predicted octanol–water partition coefficient (Wildman–Crippen LogP) is 3.63. The van der Waals surface area contributed by atoms with Crippen LogP contribution < -0.4 is 9.54 Å². The van der Waals surface area contributed by atoms with Gasteiger partial charge in [0.15, 0.2) is 4.80 Å². The topological polar surface area (TPSA) is 69.9 Å².